The zero-order valence-electron chi connectivity index (χ0n) is 11.4. The van der Waals surface area contributed by atoms with Crippen molar-refractivity contribution in [2.45, 2.75) is 50.2 Å². The van der Waals surface area contributed by atoms with Crippen molar-refractivity contribution in [3.63, 3.8) is 0 Å². The Morgan fingerprint density at radius 1 is 1.00 bits per heavy atom. The maximum absolute atomic E-state index is 12.4. The van der Waals surface area contributed by atoms with Crippen LogP contribution >= 0.6 is 0 Å². The van der Waals surface area contributed by atoms with Crippen LogP contribution in [-0.4, -0.2) is 12.1 Å². The molecule has 2 rings (SSSR count). The molecular weight excluding hydrogens is 267 g/mol. The third kappa shape index (κ3) is 4.13. The van der Waals surface area contributed by atoms with Crippen LogP contribution in [0.4, 0.5) is 13.2 Å². The van der Waals surface area contributed by atoms with Crippen LogP contribution in [0, 0.1) is 0 Å². The maximum atomic E-state index is 12.4. The molecule has 0 saturated heterocycles. The summed E-state index contributed by atoms with van der Waals surface area (Å²) in [6, 6.07) is 4.77. The van der Waals surface area contributed by atoms with Crippen molar-refractivity contribution >= 4 is 0 Å². The molecule has 0 bridgehead atoms. The molecule has 0 aromatic heterocycles. The lowest BCUT2D eigenvalue weighted by Crippen LogP contribution is -2.45. The number of rotatable bonds is 3. The fourth-order valence-corrected chi connectivity index (χ4v) is 2.54. The third-order valence-electron chi connectivity index (χ3n) is 3.81. The van der Waals surface area contributed by atoms with Gasteiger partial charge in [0.05, 0.1) is 11.1 Å². The van der Waals surface area contributed by atoms with Crippen LogP contribution in [0.25, 0.3) is 0 Å². The minimum absolute atomic E-state index is 0.348. The van der Waals surface area contributed by atoms with Crippen LogP contribution in [0.2, 0.25) is 0 Å². The normalized spacial score (nSPS) is 19.4. The molecule has 0 unspecified atom stereocenters. The largest absolute Gasteiger partial charge is 0.492 e. The lowest BCUT2D eigenvalue weighted by molar-refractivity contribution is -0.137. The SMILES string of the molecule is NC1(COc2ccc(C(F)(F)F)cc2)CCCCCC1. The molecule has 1 aromatic rings. The van der Waals surface area contributed by atoms with Crippen LogP contribution in [-0.2, 0) is 6.18 Å². The highest BCUT2D eigenvalue weighted by Crippen LogP contribution is 2.31. The molecular formula is C15H20F3NO. The first-order valence-electron chi connectivity index (χ1n) is 6.98. The molecule has 0 radical (unpaired) electrons. The fourth-order valence-electron chi connectivity index (χ4n) is 2.54. The van der Waals surface area contributed by atoms with E-state index in [9.17, 15) is 13.2 Å². The molecule has 0 amide bonds. The molecule has 0 heterocycles. The van der Waals surface area contributed by atoms with Crippen LogP contribution in [0.15, 0.2) is 24.3 Å². The van der Waals surface area contributed by atoms with Crippen molar-refractivity contribution in [2.24, 2.45) is 5.73 Å². The second kappa shape index (κ2) is 6.04. The van der Waals surface area contributed by atoms with Gasteiger partial charge in [0.25, 0.3) is 0 Å². The topological polar surface area (TPSA) is 35.2 Å². The molecule has 0 aliphatic heterocycles. The first-order valence-corrected chi connectivity index (χ1v) is 6.98. The van der Waals surface area contributed by atoms with Gasteiger partial charge in [0.2, 0.25) is 0 Å². The molecule has 0 atom stereocenters. The molecule has 0 spiro atoms. The van der Waals surface area contributed by atoms with Gasteiger partial charge in [-0.1, -0.05) is 25.7 Å². The van der Waals surface area contributed by atoms with E-state index in [1.807, 2.05) is 0 Å². The van der Waals surface area contributed by atoms with Gasteiger partial charge in [0.15, 0.2) is 0 Å². The molecule has 1 fully saturated rings. The summed E-state index contributed by atoms with van der Waals surface area (Å²) in [6.07, 6.45) is 2.08. The highest BCUT2D eigenvalue weighted by Gasteiger charge is 2.30. The molecule has 20 heavy (non-hydrogen) atoms. The second-order valence-electron chi connectivity index (χ2n) is 5.59. The Kier molecular flexibility index (Phi) is 4.58. The van der Waals surface area contributed by atoms with E-state index in [1.54, 1.807) is 0 Å². The first-order chi connectivity index (χ1) is 9.39. The van der Waals surface area contributed by atoms with Crippen LogP contribution in [0.3, 0.4) is 0 Å². The Morgan fingerprint density at radius 2 is 1.55 bits per heavy atom. The first kappa shape index (κ1) is 15.2. The molecule has 2 nitrogen and oxygen atoms in total. The molecule has 1 aliphatic rings. The number of nitrogens with two attached hydrogens (primary N) is 1. The number of alkyl halides is 3. The van der Waals surface area contributed by atoms with Crippen molar-refractivity contribution in [1.82, 2.24) is 0 Å². The Labute approximate surface area is 117 Å². The van der Waals surface area contributed by atoms with E-state index in [2.05, 4.69) is 0 Å². The summed E-state index contributed by atoms with van der Waals surface area (Å²) in [4.78, 5) is 0. The predicted octanol–water partition coefficient (Wildman–Crippen LogP) is 4.14. The fraction of sp³-hybridized carbons (Fsp3) is 0.600. The monoisotopic (exact) mass is 287 g/mol. The Morgan fingerprint density at radius 3 is 2.05 bits per heavy atom. The smallest absolute Gasteiger partial charge is 0.416 e. The number of hydrogen-bond donors (Lipinski definition) is 1. The standard InChI is InChI=1S/C15H20F3NO/c16-15(17,18)12-5-7-13(8-6-12)20-11-14(19)9-3-1-2-4-10-14/h5-8H,1-4,9-11,19H2. The second-order valence-corrected chi connectivity index (χ2v) is 5.59. The van der Waals surface area contributed by atoms with Crippen molar-refractivity contribution in [2.75, 3.05) is 6.61 Å². The van der Waals surface area contributed by atoms with Gasteiger partial charge >= 0.3 is 6.18 Å². The molecule has 1 aliphatic carbocycles. The third-order valence-corrected chi connectivity index (χ3v) is 3.81. The summed E-state index contributed by atoms with van der Waals surface area (Å²) in [5.74, 6) is 0.437. The Hall–Kier alpha value is -1.23. The van der Waals surface area contributed by atoms with Crippen molar-refractivity contribution < 1.29 is 17.9 Å². The summed E-state index contributed by atoms with van der Waals surface area (Å²) in [6.45, 7) is 0.359. The van der Waals surface area contributed by atoms with Gasteiger partial charge in [-0.2, -0.15) is 13.2 Å². The van der Waals surface area contributed by atoms with Gasteiger partial charge in [0.1, 0.15) is 12.4 Å². The lowest BCUT2D eigenvalue weighted by Gasteiger charge is -2.27. The predicted molar refractivity (Wildman–Crippen MR) is 71.6 cm³/mol. The maximum Gasteiger partial charge on any atom is 0.416 e. The van der Waals surface area contributed by atoms with Crippen LogP contribution in [0.1, 0.15) is 44.1 Å². The van der Waals surface area contributed by atoms with E-state index >= 15 is 0 Å². The quantitative estimate of drug-likeness (QED) is 0.848. The van der Waals surface area contributed by atoms with E-state index < -0.39 is 11.7 Å². The highest BCUT2D eigenvalue weighted by molar-refractivity contribution is 5.28. The van der Waals surface area contributed by atoms with Crippen molar-refractivity contribution in [1.29, 1.82) is 0 Å². The molecule has 2 N–H and O–H groups in total. The number of benzene rings is 1. The van der Waals surface area contributed by atoms with Gasteiger partial charge < -0.3 is 10.5 Å². The van der Waals surface area contributed by atoms with Gasteiger partial charge in [-0.15, -0.1) is 0 Å². The van der Waals surface area contributed by atoms with E-state index in [4.69, 9.17) is 10.5 Å². The van der Waals surface area contributed by atoms with Gasteiger partial charge in [-0.25, -0.2) is 0 Å². The molecule has 112 valence electrons. The van der Waals surface area contributed by atoms with E-state index in [-0.39, 0.29) is 5.54 Å². The van der Waals surface area contributed by atoms with E-state index in [1.165, 1.54) is 25.0 Å². The van der Waals surface area contributed by atoms with Crippen LogP contribution < -0.4 is 10.5 Å². The summed E-state index contributed by atoms with van der Waals surface area (Å²) < 4.78 is 42.9. The van der Waals surface area contributed by atoms with E-state index in [0.29, 0.717) is 12.4 Å². The van der Waals surface area contributed by atoms with Crippen LogP contribution in [0.5, 0.6) is 5.75 Å². The minimum Gasteiger partial charge on any atom is -0.492 e. The molecule has 1 saturated carbocycles. The summed E-state index contributed by atoms with van der Waals surface area (Å²) in [5, 5.41) is 0. The Bertz CT molecular complexity index is 420. The van der Waals surface area contributed by atoms with Crippen molar-refractivity contribution in [3.8, 4) is 5.75 Å². The Balaban J connectivity index is 1.93. The average Bonchev–Trinajstić information content (AvgIpc) is 2.61. The summed E-state index contributed by atoms with van der Waals surface area (Å²) in [7, 11) is 0. The summed E-state index contributed by atoms with van der Waals surface area (Å²) >= 11 is 0. The zero-order chi connectivity index (χ0) is 14.6. The molecule has 1 aromatic carbocycles. The van der Waals surface area contributed by atoms with Gasteiger partial charge in [-0.3, -0.25) is 0 Å². The average molecular weight is 287 g/mol. The number of hydrogen-bond acceptors (Lipinski definition) is 2. The van der Waals surface area contributed by atoms with Crippen molar-refractivity contribution in [3.05, 3.63) is 29.8 Å². The van der Waals surface area contributed by atoms with Gasteiger partial charge in [0, 0.05) is 0 Å². The molecule has 5 heteroatoms. The summed E-state index contributed by atoms with van der Waals surface area (Å²) in [5.41, 5.74) is 5.29. The zero-order valence-corrected chi connectivity index (χ0v) is 11.4. The number of ether oxygens (including phenoxy) is 1. The number of halogens is 3. The lowest BCUT2D eigenvalue weighted by atomic mass is 9.92. The van der Waals surface area contributed by atoms with E-state index in [0.717, 1.165) is 37.8 Å². The minimum atomic E-state index is -4.31. The van der Waals surface area contributed by atoms with Gasteiger partial charge in [-0.05, 0) is 37.1 Å². The highest BCUT2D eigenvalue weighted by atomic mass is 19.4.